The smallest absolute Gasteiger partial charge is 0.407 e. The molecule has 1 aromatic carbocycles. The Morgan fingerprint density at radius 2 is 1.92 bits per heavy atom. The molecule has 0 aliphatic rings. The summed E-state index contributed by atoms with van der Waals surface area (Å²) < 4.78 is 20.4. The minimum atomic E-state index is -1.03. The van der Waals surface area contributed by atoms with E-state index in [2.05, 4.69) is 17.0 Å². The van der Waals surface area contributed by atoms with Crippen LogP contribution in [-0.4, -0.2) is 28.2 Å². The monoisotopic (exact) mass is 382 g/mol. The molecule has 0 aromatic heterocycles. The Bertz CT molecular complexity index is 570. The molecule has 0 bridgehead atoms. The highest BCUT2D eigenvalue weighted by Crippen LogP contribution is 2.14. The summed E-state index contributed by atoms with van der Waals surface area (Å²) in [6.45, 7) is 8.27. The number of carbonyl (C=O) groups excluding carboxylic acids is 1. The molecular weight excluding hydrogens is 348 g/mol. The highest BCUT2D eigenvalue weighted by atomic mass is 32.2. The number of alkyl carbamates (subject to hydrolysis) is 1. The Kier molecular flexibility index (Phi) is 10.3. The van der Waals surface area contributed by atoms with Crippen molar-refractivity contribution in [3.63, 3.8) is 0 Å². The predicted molar refractivity (Wildman–Crippen MR) is 110 cm³/mol. The van der Waals surface area contributed by atoms with Crippen LogP contribution in [0.2, 0.25) is 0 Å². The van der Waals surface area contributed by atoms with Crippen LogP contribution in [0.1, 0.15) is 65.4 Å². The van der Waals surface area contributed by atoms with Gasteiger partial charge in [-0.25, -0.2) is 9.00 Å². The third kappa shape index (κ3) is 11.1. The molecule has 1 aromatic rings. The number of rotatable bonds is 11. The minimum absolute atomic E-state index is 0.383. The highest BCUT2D eigenvalue weighted by Gasteiger charge is 2.15. The first-order valence-corrected chi connectivity index (χ1v) is 10.8. The van der Waals surface area contributed by atoms with Gasteiger partial charge < -0.3 is 14.8 Å². The first-order valence-electron chi connectivity index (χ1n) is 9.51. The van der Waals surface area contributed by atoms with E-state index >= 15 is 0 Å². The summed E-state index contributed by atoms with van der Waals surface area (Å²) in [5.41, 5.74) is 1.57. The number of ether oxygens (including phenoxy) is 1. The van der Waals surface area contributed by atoms with Crippen molar-refractivity contribution in [3.05, 3.63) is 29.8 Å². The summed E-state index contributed by atoms with van der Waals surface area (Å²) in [6, 6.07) is 7.97. The molecule has 26 heavy (non-hydrogen) atoms. The maximum atomic E-state index is 12.1. The number of anilines is 1. The van der Waals surface area contributed by atoms with Crippen molar-refractivity contribution >= 4 is 22.8 Å². The zero-order valence-electron chi connectivity index (χ0n) is 16.6. The summed E-state index contributed by atoms with van der Waals surface area (Å²) in [6.07, 6.45) is 5.79. The molecule has 0 heterocycles. The summed E-state index contributed by atoms with van der Waals surface area (Å²) in [7, 11) is -1.03. The fourth-order valence-corrected chi connectivity index (χ4v) is 3.39. The van der Waals surface area contributed by atoms with Crippen molar-refractivity contribution in [1.29, 1.82) is 0 Å². The van der Waals surface area contributed by atoms with Gasteiger partial charge in [0.2, 0.25) is 0 Å². The van der Waals surface area contributed by atoms with Crippen LogP contribution in [0.25, 0.3) is 0 Å². The summed E-state index contributed by atoms with van der Waals surface area (Å²) >= 11 is 0. The second kappa shape index (κ2) is 11.9. The van der Waals surface area contributed by atoms with Gasteiger partial charge in [-0.2, -0.15) is 0 Å². The standard InChI is InChI=1S/C20H34N2O3S/c1-5-6-7-8-15-26(24)22-18-13-9-11-17(16-18)12-10-14-21-19(23)25-20(2,3)4/h9,11,13,16,22H,5-8,10,12,14-15H2,1-4H3,(H,21,23). The van der Waals surface area contributed by atoms with Crippen LogP contribution in [0.15, 0.2) is 24.3 Å². The van der Waals surface area contributed by atoms with Gasteiger partial charge in [-0.05, 0) is 57.7 Å². The van der Waals surface area contributed by atoms with E-state index in [1.165, 1.54) is 12.8 Å². The molecule has 1 amide bonds. The Morgan fingerprint density at radius 3 is 2.62 bits per heavy atom. The number of hydrogen-bond donors (Lipinski definition) is 2. The molecule has 1 atom stereocenters. The molecule has 0 saturated carbocycles. The van der Waals surface area contributed by atoms with E-state index < -0.39 is 16.6 Å². The molecule has 1 unspecified atom stereocenters. The average molecular weight is 383 g/mol. The van der Waals surface area contributed by atoms with Crippen molar-refractivity contribution in [3.8, 4) is 0 Å². The third-order valence-corrected chi connectivity index (χ3v) is 4.78. The molecule has 0 saturated heterocycles. The number of amides is 1. The molecule has 1 rings (SSSR count). The zero-order chi connectivity index (χ0) is 19.4. The van der Waals surface area contributed by atoms with Crippen LogP contribution in [0.3, 0.4) is 0 Å². The number of hydrogen-bond acceptors (Lipinski definition) is 3. The van der Waals surface area contributed by atoms with E-state index in [9.17, 15) is 9.00 Å². The van der Waals surface area contributed by atoms with E-state index in [4.69, 9.17) is 4.74 Å². The maximum absolute atomic E-state index is 12.1. The number of aryl methyl sites for hydroxylation is 1. The first kappa shape index (κ1) is 22.5. The van der Waals surface area contributed by atoms with Gasteiger partial charge in [0.15, 0.2) is 0 Å². The van der Waals surface area contributed by atoms with Gasteiger partial charge in [-0.3, -0.25) is 0 Å². The number of nitrogens with one attached hydrogen (secondary N) is 2. The van der Waals surface area contributed by atoms with Crippen molar-refractivity contribution in [2.75, 3.05) is 17.0 Å². The van der Waals surface area contributed by atoms with Crippen LogP contribution in [0, 0.1) is 0 Å². The van der Waals surface area contributed by atoms with E-state index in [-0.39, 0.29) is 6.09 Å². The van der Waals surface area contributed by atoms with Gasteiger partial charge in [-0.1, -0.05) is 38.3 Å². The lowest BCUT2D eigenvalue weighted by atomic mass is 10.1. The number of unbranched alkanes of at least 4 members (excludes halogenated alkanes) is 3. The zero-order valence-corrected chi connectivity index (χ0v) is 17.4. The van der Waals surface area contributed by atoms with E-state index in [1.807, 2.05) is 45.0 Å². The Balaban J connectivity index is 2.31. The van der Waals surface area contributed by atoms with E-state index in [0.717, 1.165) is 36.9 Å². The Hall–Kier alpha value is -1.56. The fraction of sp³-hybridized carbons (Fsp3) is 0.650. The predicted octanol–water partition coefficient (Wildman–Crippen LogP) is 4.80. The lowest BCUT2D eigenvalue weighted by molar-refractivity contribution is 0.0527. The van der Waals surface area contributed by atoms with Crippen LogP contribution >= 0.6 is 0 Å². The molecule has 6 heteroatoms. The van der Waals surface area contributed by atoms with Crippen molar-refractivity contribution in [1.82, 2.24) is 5.32 Å². The molecule has 0 aliphatic carbocycles. The second-order valence-electron chi connectivity index (χ2n) is 7.44. The maximum Gasteiger partial charge on any atom is 0.407 e. The fourth-order valence-electron chi connectivity index (χ4n) is 2.43. The van der Waals surface area contributed by atoms with Crippen molar-refractivity contribution in [2.24, 2.45) is 0 Å². The Labute approximate surface area is 160 Å². The average Bonchev–Trinajstić information content (AvgIpc) is 2.54. The summed E-state index contributed by atoms with van der Waals surface area (Å²) in [5, 5.41) is 2.76. The van der Waals surface area contributed by atoms with Crippen molar-refractivity contribution < 1.29 is 13.7 Å². The first-order chi connectivity index (χ1) is 12.3. The molecule has 0 aliphatic heterocycles. The second-order valence-corrected chi connectivity index (χ2v) is 8.75. The molecule has 2 N–H and O–H groups in total. The van der Waals surface area contributed by atoms with Gasteiger partial charge in [0.1, 0.15) is 16.6 Å². The molecule has 148 valence electrons. The molecule has 0 radical (unpaired) electrons. The van der Waals surface area contributed by atoms with Gasteiger partial charge in [0, 0.05) is 18.0 Å². The quantitative estimate of drug-likeness (QED) is 0.540. The lowest BCUT2D eigenvalue weighted by Gasteiger charge is -2.19. The van der Waals surface area contributed by atoms with Gasteiger partial charge in [-0.15, -0.1) is 0 Å². The van der Waals surface area contributed by atoms with Gasteiger partial charge >= 0.3 is 6.09 Å². The van der Waals surface area contributed by atoms with Crippen LogP contribution in [-0.2, 0) is 22.1 Å². The third-order valence-electron chi connectivity index (χ3n) is 3.65. The minimum Gasteiger partial charge on any atom is -0.444 e. The van der Waals surface area contributed by atoms with Crippen LogP contribution < -0.4 is 10.0 Å². The number of benzene rings is 1. The molecule has 0 fully saturated rings. The Morgan fingerprint density at radius 1 is 1.15 bits per heavy atom. The number of carbonyl (C=O) groups is 1. The van der Waals surface area contributed by atoms with Crippen LogP contribution in [0.5, 0.6) is 0 Å². The normalized spacial score (nSPS) is 12.5. The molecular formula is C20H34N2O3S. The lowest BCUT2D eigenvalue weighted by Crippen LogP contribution is -2.33. The van der Waals surface area contributed by atoms with Gasteiger partial charge in [0.05, 0.1) is 0 Å². The van der Waals surface area contributed by atoms with Crippen molar-refractivity contribution in [2.45, 2.75) is 71.8 Å². The molecule has 5 nitrogen and oxygen atoms in total. The summed E-state index contributed by atoms with van der Waals surface area (Å²) in [4.78, 5) is 11.6. The van der Waals surface area contributed by atoms with Gasteiger partial charge in [0.25, 0.3) is 0 Å². The van der Waals surface area contributed by atoms with E-state index in [1.54, 1.807) is 0 Å². The largest absolute Gasteiger partial charge is 0.444 e. The highest BCUT2D eigenvalue weighted by molar-refractivity contribution is 7.86. The van der Waals surface area contributed by atoms with Crippen LogP contribution in [0.4, 0.5) is 10.5 Å². The topological polar surface area (TPSA) is 67.4 Å². The van der Waals surface area contributed by atoms with E-state index in [0.29, 0.717) is 12.3 Å². The molecule has 0 spiro atoms. The SMILES string of the molecule is CCCCCCS(=O)Nc1cccc(CCCNC(=O)OC(C)(C)C)c1. The summed E-state index contributed by atoms with van der Waals surface area (Å²) in [5.74, 6) is 0.685.